The first kappa shape index (κ1) is 22.3. The van der Waals surface area contributed by atoms with Crippen molar-refractivity contribution in [3.8, 4) is 0 Å². The molecule has 2 N–H and O–H groups in total. The summed E-state index contributed by atoms with van der Waals surface area (Å²) in [4.78, 5) is 26.4. The highest BCUT2D eigenvalue weighted by molar-refractivity contribution is 7.80. The molecule has 0 radical (unpaired) electrons. The molecule has 1 aromatic rings. The standard InChI is InChI=1S/C22H33N3O2S/c1-3-4-5-6-7-8-20(26)24-22(28)23-19-11-9-18(10-12-19)21(27)25-15-13-17(2)14-16-25/h9-12,17H,3-8,13-16H2,1-2H3,(H2,23,24,26,28). The Morgan fingerprint density at radius 3 is 2.36 bits per heavy atom. The van der Waals surface area contributed by atoms with E-state index in [2.05, 4.69) is 24.5 Å². The Morgan fingerprint density at radius 2 is 1.71 bits per heavy atom. The molecule has 0 bridgehead atoms. The number of likely N-dealkylation sites (tertiary alicyclic amines) is 1. The maximum absolute atomic E-state index is 12.6. The highest BCUT2D eigenvalue weighted by Crippen LogP contribution is 2.19. The van der Waals surface area contributed by atoms with Crippen LogP contribution in [0.5, 0.6) is 0 Å². The number of benzene rings is 1. The van der Waals surface area contributed by atoms with Gasteiger partial charge in [-0.25, -0.2) is 0 Å². The van der Waals surface area contributed by atoms with Crippen molar-refractivity contribution in [1.82, 2.24) is 10.2 Å². The molecule has 1 aromatic carbocycles. The predicted octanol–water partition coefficient (Wildman–Crippen LogP) is 4.73. The smallest absolute Gasteiger partial charge is 0.253 e. The van der Waals surface area contributed by atoms with Crippen LogP contribution in [-0.4, -0.2) is 34.9 Å². The molecule has 6 heteroatoms. The van der Waals surface area contributed by atoms with Gasteiger partial charge in [0.15, 0.2) is 5.11 Å². The molecule has 0 saturated carbocycles. The number of nitrogens with zero attached hydrogens (tertiary/aromatic N) is 1. The third-order valence-corrected chi connectivity index (χ3v) is 5.43. The zero-order valence-corrected chi connectivity index (χ0v) is 17.9. The topological polar surface area (TPSA) is 61.4 Å². The molecule has 0 unspecified atom stereocenters. The van der Waals surface area contributed by atoms with E-state index in [1.807, 2.05) is 17.0 Å². The Morgan fingerprint density at radius 1 is 1.07 bits per heavy atom. The lowest BCUT2D eigenvalue weighted by Crippen LogP contribution is -2.37. The Labute approximate surface area is 174 Å². The fourth-order valence-electron chi connectivity index (χ4n) is 3.33. The molecule has 2 amide bonds. The third kappa shape index (κ3) is 7.58. The van der Waals surface area contributed by atoms with Gasteiger partial charge in [0.25, 0.3) is 5.91 Å². The summed E-state index contributed by atoms with van der Waals surface area (Å²) in [6, 6.07) is 7.26. The molecule has 154 valence electrons. The van der Waals surface area contributed by atoms with Gasteiger partial charge in [0.1, 0.15) is 0 Å². The molecule has 5 nitrogen and oxygen atoms in total. The van der Waals surface area contributed by atoms with Crippen molar-refractivity contribution in [2.75, 3.05) is 18.4 Å². The number of carbonyl (C=O) groups excluding carboxylic acids is 2. The molecule has 28 heavy (non-hydrogen) atoms. The first-order valence-corrected chi connectivity index (χ1v) is 10.9. The number of anilines is 1. The van der Waals surface area contributed by atoms with E-state index in [4.69, 9.17) is 12.2 Å². The average Bonchev–Trinajstić information content (AvgIpc) is 2.68. The lowest BCUT2D eigenvalue weighted by atomic mass is 9.98. The monoisotopic (exact) mass is 403 g/mol. The van der Waals surface area contributed by atoms with Crippen LogP contribution in [0.4, 0.5) is 5.69 Å². The quantitative estimate of drug-likeness (QED) is 0.486. The Balaban J connectivity index is 1.74. The van der Waals surface area contributed by atoms with Crippen molar-refractivity contribution in [3.63, 3.8) is 0 Å². The van der Waals surface area contributed by atoms with Gasteiger partial charge in [-0.3, -0.25) is 9.59 Å². The molecule has 1 fully saturated rings. The number of thiocarbonyl (C=S) groups is 1. The second-order valence-electron chi connectivity index (χ2n) is 7.72. The van der Waals surface area contributed by atoms with Gasteiger partial charge in [-0.2, -0.15) is 0 Å². The van der Waals surface area contributed by atoms with Crippen molar-refractivity contribution in [2.45, 2.75) is 65.2 Å². The summed E-state index contributed by atoms with van der Waals surface area (Å²) in [6.45, 7) is 6.06. The van der Waals surface area contributed by atoms with Crippen LogP contribution >= 0.6 is 12.2 Å². The Bertz CT molecular complexity index is 652. The lowest BCUT2D eigenvalue weighted by molar-refractivity contribution is -0.119. The average molecular weight is 404 g/mol. The van der Waals surface area contributed by atoms with Crippen molar-refractivity contribution < 1.29 is 9.59 Å². The predicted molar refractivity (Wildman–Crippen MR) is 118 cm³/mol. The number of carbonyl (C=O) groups is 2. The fourth-order valence-corrected chi connectivity index (χ4v) is 3.56. The molecular weight excluding hydrogens is 370 g/mol. The van der Waals surface area contributed by atoms with Gasteiger partial charge in [0.05, 0.1) is 0 Å². The number of piperidine rings is 1. The van der Waals surface area contributed by atoms with Crippen LogP contribution in [0.15, 0.2) is 24.3 Å². The van der Waals surface area contributed by atoms with Crippen LogP contribution in [0.3, 0.4) is 0 Å². The van der Waals surface area contributed by atoms with Crippen molar-refractivity contribution in [3.05, 3.63) is 29.8 Å². The van der Waals surface area contributed by atoms with Crippen LogP contribution in [0.2, 0.25) is 0 Å². The molecule has 0 aromatic heterocycles. The van der Waals surface area contributed by atoms with E-state index in [0.29, 0.717) is 23.0 Å². The summed E-state index contributed by atoms with van der Waals surface area (Å²) in [6.07, 6.45) is 8.18. The molecule has 2 rings (SSSR count). The van der Waals surface area contributed by atoms with E-state index in [-0.39, 0.29) is 11.8 Å². The Kier molecular flexibility index (Phi) is 9.41. The molecule has 0 aliphatic carbocycles. The third-order valence-electron chi connectivity index (χ3n) is 5.22. The van der Waals surface area contributed by atoms with Crippen LogP contribution in [0.25, 0.3) is 0 Å². The van der Waals surface area contributed by atoms with Crippen LogP contribution in [0.1, 0.15) is 75.6 Å². The molecule has 0 atom stereocenters. The summed E-state index contributed by atoms with van der Waals surface area (Å²) >= 11 is 5.21. The summed E-state index contributed by atoms with van der Waals surface area (Å²) in [5.74, 6) is 0.723. The molecular formula is C22H33N3O2S. The molecule has 0 spiro atoms. The van der Waals surface area contributed by atoms with Gasteiger partial charge in [0.2, 0.25) is 5.91 Å². The maximum Gasteiger partial charge on any atom is 0.253 e. The van der Waals surface area contributed by atoms with Gasteiger partial charge in [-0.05, 0) is 61.7 Å². The minimum absolute atomic E-state index is 0.0554. The van der Waals surface area contributed by atoms with E-state index in [9.17, 15) is 9.59 Å². The van der Waals surface area contributed by atoms with E-state index < -0.39 is 0 Å². The van der Waals surface area contributed by atoms with Crippen molar-refractivity contribution >= 4 is 34.8 Å². The summed E-state index contributed by atoms with van der Waals surface area (Å²) in [7, 11) is 0. The number of amides is 2. The number of hydrogen-bond acceptors (Lipinski definition) is 3. The maximum atomic E-state index is 12.6. The van der Waals surface area contributed by atoms with Crippen molar-refractivity contribution in [2.24, 2.45) is 5.92 Å². The minimum atomic E-state index is -0.0554. The molecule has 1 aliphatic heterocycles. The summed E-state index contributed by atoms with van der Waals surface area (Å²) in [5.41, 5.74) is 1.44. The van der Waals surface area contributed by atoms with Crippen molar-refractivity contribution in [1.29, 1.82) is 0 Å². The second kappa shape index (κ2) is 11.8. The summed E-state index contributed by atoms with van der Waals surface area (Å²) in [5, 5.41) is 6.02. The van der Waals surface area contributed by atoms with Gasteiger partial charge >= 0.3 is 0 Å². The van der Waals surface area contributed by atoms with Crippen LogP contribution in [0, 0.1) is 5.92 Å². The van der Waals surface area contributed by atoms with Gasteiger partial charge in [-0.1, -0.05) is 39.5 Å². The number of nitrogens with one attached hydrogen (secondary N) is 2. The second-order valence-corrected chi connectivity index (χ2v) is 8.13. The SMILES string of the molecule is CCCCCCCC(=O)NC(=S)Nc1ccc(C(=O)N2CCC(C)CC2)cc1. The van der Waals surface area contributed by atoms with Gasteiger partial charge in [0, 0.05) is 30.8 Å². The first-order valence-electron chi connectivity index (χ1n) is 10.5. The number of hydrogen-bond donors (Lipinski definition) is 2. The molecule has 1 heterocycles. The largest absolute Gasteiger partial charge is 0.339 e. The normalized spacial score (nSPS) is 14.6. The van der Waals surface area contributed by atoms with Gasteiger partial charge in [-0.15, -0.1) is 0 Å². The number of unbranched alkanes of at least 4 members (excludes halogenated alkanes) is 4. The highest BCUT2D eigenvalue weighted by atomic mass is 32.1. The molecule has 1 saturated heterocycles. The fraction of sp³-hybridized carbons (Fsp3) is 0.591. The lowest BCUT2D eigenvalue weighted by Gasteiger charge is -2.30. The Hall–Kier alpha value is -1.95. The van der Waals surface area contributed by atoms with E-state index in [1.165, 1.54) is 19.3 Å². The first-order chi connectivity index (χ1) is 13.5. The number of rotatable bonds is 8. The van der Waals surface area contributed by atoms with E-state index in [0.717, 1.165) is 44.5 Å². The van der Waals surface area contributed by atoms with E-state index >= 15 is 0 Å². The van der Waals surface area contributed by atoms with Crippen LogP contribution in [-0.2, 0) is 4.79 Å². The summed E-state index contributed by atoms with van der Waals surface area (Å²) < 4.78 is 0. The molecule has 1 aliphatic rings. The zero-order chi connectivity index (χ0) is 20.4. The zero-order valence-electron chi connectivity index (χ0n) is 17.1. The van der Waals surface area contributed by atoms with E-state index in [1.54, 1.807) is 12.1 Å². The van der Waals surface area contributed by atoms with Gasteiger partial charge < -0.3 is 15.5 Å². The van der Waals surface area contributed by atoms with Crippen LogP contribution < -0.4 is 10.6 Å². The highest BCUT2D eigenvalue weighted by Gasteiger charge is 2.21. The minimum Gasteiger partial charge on any atom is -0.339 e.